The van der Waals surface area contributed by atoms with Gasteiger partial charge in [-0.2, -0.15) is 0 Å². The van der Waals surface area contributed by atoms with Crippen LogP contribution in [0.5, 0.6) is 0 Å². The van der Waals surface area contributed by atoms with E-state index in [-0.39, 0.29) is 5.24 Å². The van der Waals surface area contributed by atoms with Crippen molar-refractivity contribution in [2.24, 2.45) is 0 Å². The van der Waals surface area contributed by atoms with E-state index in [1.54, 1.807) is 10.8 Å². The topological polar surface area (TPSA) is 17.1 Å². The van der Waals surface area contributed by atoms with Gasteiger partial charge in [-0.3, -0.25) is 4.79 Å². The van der Waals surface area contributed by atoms with Crippen molar-refractivity contribution in [1.29, 1.82) is 0 Å². The molecule has 4 heteroatoms. The summed E-state index contributed by atoms with van der Waals surface area (Å²) >= 11 is 5.24. The number of unbranched alkanes of at least 4 members (excludes halogenated alkanes) is 1. The summed E-state index contributed by atoms with van der Waals surface area (Å²) in [4.78, 5) is 11.7. The number of hydrogen-bond donors (Lipinski definition) is 0. The molecule has 0 radical (unpaired) electrons. The van der Waals surface area contributed by atoms with Crippen molar-refractivity contribution in [3.05, 3.63) is 30.3 Å². The Morgan fingerprint density at radius 3 is 2.60 bits per heavy atom. The lowest BCUT2D eigenvalue weighted by molar-refractivity contribution is -0.111. The van der Waals surface area contributed by atoms with Crippen molar-refractivity contribution >= 4 is 38.4 Å². The highest BCUT2D eigenvalue weighted by Gasteiger charge is 1.97. The maximum Gasteiger partial charge on any atom is 0.221 e. The summed E-state index contributed by atoms with van der Waals surface area (Å²) in [6.45, 7) is 0. The van der Waals surface area contributed by atoms with Crippen LogP contribution in [0, 0.1) is 0 Å². The molecule has 0 amide bonds. The molecule has 0 bridgehead atoms. The summed E-state index contributed by atoms with van der Waals surface area (Å²) in [5.41, 5.74) is 0. The molecule has 15 heavy (non-hydrogen) atoms. The molecule has 0 heterocycles. The van der Waals surface area contributed by atoms with E-state index in [0.29, 0.717) is 6.42 Å². The van der Waals surface area contributed by atoms with E-state index >= 15 is 0 Å². The van der Waals surface area contributed by atoms with Gasteiger partial charge < -0.3 is 0 Å². The summed E-state index contributed by atoms with van der Waals surface area (Å²) in [7, 11) is 3.60. The van der Waals surface area contributed by atoms with Gasteiger partial charge in [0.05, 0.1) is 0 Å². The zero-order valence-electron chi connectivity index (χ0n) is 8.32. The van der Waals surface area contributed by atoms with Gasteiger partial charge in [-0.05, 0) is 36.6 Å². The van der Waals surface area contributed by atoms with Crippen LogP contribution in [0.15, 0.2) is 35.2 Å². The predicted octanol–water partition coefficient (Wildman–Crippen LogP) is 4.36. The fourth-order valence-electron chi connectivity index (χ4n) is 1.01. The molecule has 0 aliphatic carbocycles. The van der Waals surface area contributed by atoms with Gasteiger partial charge in [-0.25, -0.2) is 0 Å². The van der Waals surface area contributed by atoms with Crippen LogP contribution in [0.4, 0.5) is 0 Å². The Hall–Kier alpha value is -0.120. The van der Waals surface area contributed by atoms with Crippen molar-refractivity contribution < 1.29 is 4.79 Å². The quantitative estimate of drug-likeness (QED) is 0.412. The van der Waals surface area contributed by atoms with Gasteiger partial charge >= 0.3 is 0 Å². The number of carbonyl (C=O) groups is 1. The van der Waals surface area contributed by atoms with Crippen molar-refractivity contribution in [3.63, 3.8) is 0 Å². The second-order valence-electron chi connectivity index (χ2n) is 3.03. The molecule has 1 aromatic carbocycles. The number of hydrogen-bond acceptors (Lipinski definition) is 3. The van der Waals surface area contributed by atoms with E-state index in [0.717, 1.165) is 18.6 Å². The second kappa shape index (κ2) is 8.08. The molecule has 0 spiro atoms. The minimum atomic E-state index is -0.226. The minimum absolute atomic E-state index is 0.226. The first-order valence-corrected chi connectivity index (χ1v) is 7.51. The fraction of sp³-hybridized carbons (Fsp3) is 0.364. The lowest BCUT2D eigenvalue weighted by Crippen LogP contribution is -1.86. The highest BCUT2D eigenvalue weighted by molar-refractivity contribution is 8.76. The number of benzene rings is 1. The van der Waals surface area contributed by atoms with E-state index < -0.39 is 0 Å². The third-order valence-corrected chi connectivity index (χ3v) is 4.41. The zero-order valence-corrected chi connectivity index (χ0v) is 10.7. The molecule has 0 fully saturated rings. The molecular formula is C11H13ClOS2. The first-order chi connectivity index (χ1) is 7.29. The van der Waals surface area contributed by atoms with E-state index in [4.69, 9.17) is 11.6 Å². The molecule has 0 aliphatic heterocycles. The summed E-state index contributed by atoms with van der Waals surface area (Å²) in [5.74, 6) is 1.06. The van der Waals surface area contributed by atoms with Crippen LogP contribution in [0.3, 0.4) is 0 Å². The van der Waals surface area contributed by atoms with E-state index in [1.165, 1.54) is 4.90 Å². The third kappa shape index (κ3) is 6.88. The average molecular weight is 261 g/mol. The standard InChI is InChI=1S/C11H13ClOS2/c12-11(13)8-4-5-9-14-15-10-6-2-1-3-7-10/h1-3,6-7H,4-5,8-9H2. The van der Waals surface area contributed by atoms with Crippen LogP contribution in [-0.4, -0.2) is 11.0 Å². The minimum Gasteiger partial charge on any atom is -0.281 e. The average Bonchev–Trinajstić information content (AvgIpc) is 2.24. The number of rotatable bonds is 7. The molecule has 82 valence electrons. The van der Waals surface area contributed by atoms with Gasteiger partial charge in [-0.15, -0.1) is 0 Å². The summed E-state index contributed by atoms with van der Waals surface area (Å²) in [6, 6.07) is 10.3. The van der Waals surface area contributed by atoms with Crippen LogP contribution in [-0.2, 0) is 4.79 Å². The first kappa shape index (κ1) is 12.9. The Balaban J connectivity index is 2.00. The van der Waals surface area contributed by atoms with Gasteiger partial charge in [0.1, 0.15) is 0 Å². The lowest BCUT2D eigenvalue weighted by Gasteiger charge is -1.99. The van der Waals surface area contributed by atoms with Crippen LogP contribution >= 0.6 is 33.2 Å². The van der Waals surface area contributed by atoms with E-state index in [1.807, 2.05) is 29.0 Å². The maximum atomic E-state index is 10.5. The van der Waals surface area contributed by atoms with Gasteiger partial charge in [-0.1, -0.05) is 39.8 Å². The Morgan fingerprint density at radius 2 is 1.93 bits per heavy atom. The van der Waals surface area contributed by atoms with Crippen molar-refractivity contribution in [2.75, 3.05) is 5.75 Å². The molecule has 0 aliphatic rings. The molecule has 0 atom stereocenters. The van der Waals surface area contributed by atoms with E-state index in [9.17, 15) is 4.79 Å². The highest BCUT2D eigenvalue weighted by Crippen LogP contribution is 2.31. The molecule has 0 unspecified atom stereocenters. The highest BCUT2D eigenvalue weighted by atomic mass is 35.5. The van der Waals surface area contributed by atoms with Crippen molar-refractivity contribution in [2.45, 2.75) is 24.2 Å². The number of halogens is 1. The van der Waals surface area contributed by atoms with Gasteiger partial charge in [0.15, 0.2) is 0 Å². The summed E-state index contributed by atoms with van der Waals surface area (Å²) < 4.78 is 0. The first-order valence-electron chi connectivity index (χ1n) is 4.82. The Bertz CT molecular complexity index is 290. The molecule has 0 saturated carbocycles. The molecule has 0 N–H and O–H groups in total. The zero-order chi connectivity index (χ0) is 10.9. The van der Waals surface area contributed by atoms with Crippen LogP contribution in [0.1, 0.15) is 19.3 Å². The number of carbonyl (C=O) groups excluding carboxylic acids is 1. The van der Waals surface area contributed by atoms with Crippen LogP contribution < -0.4 is 0 Å². The monoisotopic (exact) mass is 260 g/mol. The van der Waals surface area contributed by atoms with E-state index in [2.05, 4.69) is 12.1 Å². The van der Waals surface area contributed by atoms with Gasteiger partial charge in [0.2, 0.25) is 5.24 Å². The predicted molar refractivity (Wildman–Crippen MR) is 69.5 cm³/mol. The molecule has 0 saturated heterocycles. The molecule has 1 aromatic rings. The van der Waals surface area contributed by atoms with Crippen LogP contribution in [0.25, 0.3) is 0 Å². The molecular weight excluding hydrogens is 248 g/mol. The Morgan fingerprint density at radius 1 is 1.20 bits per heavy atom. The van der Waals surface area contributed by atoms with Crippen molar-refractivity contribution in [3.8, 4) is 0 Å². The molecule has 1 rings (SSSR count). The Kier molecular flexibility index (Phi) is 6.98. The van der Waals surface area contributed by atoms with Gasteiger partial charge in [0.25, 0.3) is 0 Å². The lowest BCUT2D eigenvalue weighted by atomic mass is 10.3. The molecule has 1 nitrogen and oxygen atoms in total. The maximum absolute atomic E-state index is 10.5. The normalized spacial score (nSPS) is 10.2. The van der Waals surface area contributed by atoms with Crippen LogP contribution in [0.2, 0.25) is 0 Å². The third-order valence-electron chi connectivity index (χ3n) is 1.75. The largest absolute Gasteiger partial charge is 0.281 e. The van der Waals surface area contributed by atoms with Gasteiger partial charge in [0, 0.05) is 17.1 Å². The Labute approximate surface area is 103 Å². The summed E-state index contributed by atoms with van der Waals surface area (Å²) in [6.07, 6.45) is 2.44. The SMILES string of the molecule is O=C(Cl)CCCCSSc1ccccc1. The smallest absolute Gasteiger partial charge is 0.221 e. The second-order valence-corrected chi connectivity index (χ2v) is 5.94. The molecule has 0 aromatic heterocycles. The van der Waals surface area contributed by atoms with Crippen molar-refractivity contribution in [1.82, 2.24) is 0 Å². The summed E-state index contributed by atoms with van der Waals surface area (Å²) in [5, 5.41) is -0.226. The fourth-order valence-corrected chi connectivity index (χ4v) is 3.30.